The van der Waals surface area contributed by atoms with E-state index in [2.05, 4.69) is 60.0 Å². The van der Waals surface area contributed by atoms with Crippen LogP contribution in [-0.2, 0) is 10.2 Å². The first-order valence-corrected chi connectivity index (χ1v) is 9.15. The minimum atomic E-state index is 0.0930. The summed E-state index contributed by atoms with van der Waals surface area (Å²) in [4.78, 5) is 4.96. The van der Waals surface area contributed by atoms with Gasteiger partial charge >= 0.3 is 0 Å². The molecule has 2 N–H and O–H groups in total. The third kappa shape index (κ3) is 4.18. The minimum Gasteiger partial charge on any atom is -0.381 e. The molecule has 0 unspecified atom stereocenters. The molecule has 1 aromatic rings. The summed E-state index contributed by atoms with van der Waals surface area (Å²) in [5.41, 5.74) is 1.48. The molecule has 130 valence electrons. The maximum atomic E-state index is 5.62. The maximum Gasteiger partial charge on any atom is 0.191 e. The van der Waals surface area contributed by atoms with Gasteiger partial charge in [0.05, 0.1) is 6.54 Å². The Morgan fingerprint density at radius 2 is 1.88 bits per heavy atom. The summed E-state index contributed by atoms with van der Waals surface area (Å²) in [5.74, 6) is 0.938. The van der Waals surface area contributed by atoms with Crippen molar-refractivity contribution >= 4 is 5.96 Å². The van der Waals surface area contributed by atoms with Gasteiger partial charge in [0.15, 0.2) is 5.96 Å². The molecule has 1 aliphatic heterocycles. The van der Waals surface area contributed by atoms with Crippen molar-refractivity contribution in [1.29, 1.82) is 0 Å². The number of rotatable bonds is 5. The first-order valence-electron chi connectivity index (χ1n) is 9.15. The van der Waals surface area contributed by atoms with Crippen molar-refractivity contribution < 1.29 is 4.74 Å². The number of guanidine groups is 1. The molecule has 3 rings (SSSR count). The zero-order chi connectivity index (χ0) is 16.7. The van der Waals surface area contributed by atoms with E-state index in [1.807, 2.05) is 0 Å². The summed E-state index contributed by atoms with van der Waals surface area (Å²) in [6, 6.07) is 11.3. The molecule has 1 saturated heterocycles. The van der Waals surface area contributed by atoms with Crippen molar-refractivity contribution in [1.82, 2.24) is 10.6 Å². The van der Waals surface area contributed by atoms with Crippen molar-refractivity contribution in [2.75, 3.05) is 26.3 Å². The van der Waals surface area contributed by atoms with Gasteiger partial charge in [0.2, 0.25) is 0 Å². The standard InChI is InChI=1S/C20H29N3O/c1-2-21-19(23-18-10-6-7-11-18)22-16-20(12-14-24-15-13-20)17-8-4-3-5-9-17/h3-9,18H,2,10-16H2,1H3,(H2,21,22,23). The topological polar surface area (TPSA) is 45.7 Å². The number of aliphatic imine (C=N–C) groups is 1. The summed E-state index contributed by atoms with van der Waals surface area (Å²) >= 11 is 0. The van der Waals surface area contributed by atoms with Gasteiger partial charge < -0.3 is 15.4 Å². The van der Waals surface area contributed by atoms with Crippen LogP contribution in [0.4, 0.5) is 0 Å². The van der Waals surface area contributed by atoms with Crippen molar-refractivity contribution in [2.24, 2.45) is 4.99 Å². The van der Waals surface area contributed by atoms with E-state index in [1.54, 1.807) is 0 Å². The number of nitrogens with one attached hydrogen (secondary N) is 2. The van der Waals surface area contributed by atoms with Crippen molar-refractivity contribution in [2.45, 2.75) is 44.1 Å². The van der Waals surface area contributed by atoms with Gasteiger partial charge in [0.1, 0.15) is 0 Å². The molecule has 0 saturated carbocycles. The molecule has 24 heavy (non-hydrogen) atoms. The number of nitrogens with zero attached hydrogens (tertiary/aromatic N) is 1. The van der Waals surface area contributed by atoms with E-state index in [0.29, 0.717) is 6.04 Å². The van der Waals surface area contributed by atoms with Crippen LogP contribution in [0.5, 0.6) is 0 Å². The van der Waals surface area contributed by atoms with Crippen LogP contribution in [0.2, 0.25) is 0 Å². The molecule has 0 radical (unpaired) electrons. The Balaban J connectivity index is 1.75. The van der Waals surface area contributed by atoms with Crippen LogP contribution in [0.1, 0.15) is 38.2 Å². The summed E-state index contributed by atoms with van der Waals surface area (Å²) in [5, 5.41) is 6.97. The summed E-state index contributed by atoms with van der Waals surface area (Å²) in [6.45, 7) is 5.44. The summed E-state index contributed by atoms with van der Waals surface area (Å²) in [6.07, 6.45) is 8.72. The number of ether oxygens (including phenoxy) is 1. The Bertz CT molecular complexity index is 554. The van der Waals surface area contributed by atoms with E-state index in [9.17, 15) is 0 Å². The summed E-state index contributed by atoms with van der Waals surface area (Å²) in [7, 11) is 0. The Morgan fingerprint density at radius 1 is 1.17 bits per heavy atom. The maximum absolute atomic E-state index is 5.62. The third-order valence-electron chi connectivity index (χ3n) is 5.07. The molecule has 4 heteroatoms. The van der Waals surface area contributed by atoms with Gasteiger partial charge in [-0.05, 0) is 38.2 Å². The highest BCUT2D eigenvalue weighted by Crippen LogP contribution is 2.35. The van der Waals surface area contributed by atoms with Gasteiger partial charge in [0.25, 0.3) is 0 Å². The Morgan fingerprint density at radius 3 is 2.54 bits per heavy atom. The first kappa shape index (κ1) is 17.0. The van der Waals surface area contributed by atoms with Crippen LogP contribution in [-0.4, -0.2) is 38.3 Å². The lowest BCUT2D eigenvalue weighted by Gasteiger charge is -2.36. The van der Waals surface area contributed by atoms with Gasteiger partial charge in [-0.2, -0.15) is 0 Å². The van der Waals surface area contributed by atoms with Crippen LogP contribution in [0, 0.1) is 0 Å². The van der Waals surface area contributed by atoms with E-state index in [4.69, 9.17) is 9.73 Å². The molecule has 1 heterocycles. The Labute approximate surface area is 145 Å². The van der Waals surface area contributed by atoms with Gasteiger partial charge in [-0.15, -0.1) is 0 Å². The molecule has 0 aromatic heterocycles. The SMILES string of the molecule is CCNC(=NCC1(c2ccccc2)CCOCC1)NC1CC=CC1. The van der Waals surface area contributed by atoms with Crippen LogP contribution in [0.15, 0.2) is 47.5 Å². The highest BCUT2D eigenvalue weighted by molar-refractivity contribution is 5.80. The quantitative estimate of drug-likeness (QED) is 0.496. The van der Waals surface area contributed by atoms with Crippen LogP contribution in [0.3, 0.4) is 0 Å². The minimum absolute atomic E-state index is 0.0930. The predicted octanol–water partition coefficient (Wildman–Crippen LogP) is 3.01. The second-order valence-corrected chi connectivity index (χ2v) is 6.74. The molecule has 4 nitrogen and oxygen atoms in total. The second-order valence-electron chi connectivity index (χ2n) is 6.74. The fraction of sp³-hybridized carbons (Fsp3) is 0.550. The fourth-order valence-electron chi connectivity index (χ4n) is 3.57. The second kappa shape index (κ2) is 8.34. The average Bonchev–Trinajstić information content (AvgIpc) is 3.15. The third-order valence-corrected chi connectivity index (χ3v) is 5.07. The van der Waals surface area contributed by atoms with E-state index in [1.165, 1.54) is 5.56 Å². The fourth-order valence-corrected chi connectivity index (χ4v) is 3.57. The Hall–Kier alpha value is -1.81. The molecule has 0 bridgehead atoms. The Kier molecular flexibility index (Phi) is 5.91. The number of hydrogen-bond acceptors (Lipinski definition) is 2. The largest absolute Gasteiger partial charge is 0.381 e. The van der Waals surface area contributed by atoms with Crippen molar-refractivity contribution in [3.05, 3.63) is 48.0 Å². The highest BCUT2D eigenvalue weighted by atomic mass is 16.5. The van der Waals surface area contributed by atoms with Crippen LogP contribution in [0.25, 0.3) is 0 Å². The molecular formula is C20H29N3O. The summed E-state index contributed by atoms with van der Waals surface area (Å²) < 4.78 is 5.62. The molecule has 0 amide bonds. The van der Waals surface area contributed by atoms with Crippen LogP contribution >= 0.6 is 0 Å². The average molecular weight is 327 g/mol. The van der Waals surface area contributed by atoms with E-state index < -0.39 is 0 Å². The number of hydrogen-bond donors (Lipinski definition) is 2. The lowest BCUT2D eigenvalue weighted by Crippen LogP contribution is -2.44. The molecule has 1 fully saturated rings. The van der Waals surface area contributed by atoms with E-state index >= 15 is 0 Å². The zero-order valence-corrected chi connectivity index (χ0v) is 14.6. The molecule has 0 spiro atoms. The monoisotopic (exact) mass is 327 g/mol. The van der Waals surface area contributed by atoms with Gasteiger partial charge in [0, 0.05) is 31.2 Å². The molecule has 2 aliphatic rings. The zero-order valence-electron chi connectivity index (χ0n) is 14.6. The van der Waals surface area contributed by atoms with E-state index in [-0.39, 0.29) is 5.41 Å². The lowest BCUT2D eigenvalue weighted by molar-refractivity contribution is 0.0531. The van der Waals surface area contributed by atoms with Gasteiger partial charge in [-0.25, -0.2) is 0 Å². The van der Waals surface area contributed by atoms with Crippen molar-refractivity contribution in [3.8, 4) is 0 Å². The molecule has 0 atom stereocenters. The molecular weight excluding hydrogens is 298 g/mol. The predicted molar refractivity (Wildman–Crippen MR) is 99.4 cm³/mol. The molecule has 1 aliphatic carbocycles. The van der Waals surface area contributed by atoms with Gasteiger partial charge in [-0.3, -0.25) is 4.99 Å². The first-order chi connectivity index (χ1) is 11.8. The highest BCUT2D eigenvalue weighted by Gasteiger charge is 2.34. The number of benzene rings is 1. The van der Waals surface area contributed by atoms with E-state index in [0.717, 1.165) is 57.9 Å². The lowest BCUT2D eigenvalue weighted by atomic mass is 9.74. The van der Waals surface area contributed by atoms with Gasteiger partial charge in [-0.1, -0.05) is 42.5 Å². The normalized spacial score (nSPS) is 21.0. The van der Waals surface area contributed by atoms with Crippen LogP contribution < -0.4 is 10.6 Å². The smallest absolute Gasteiger partial charge is 0.191 e. The van der Waals surface area contributed by atoms with Crippen molar-refractivity contribution in [3.63, 3.8) is 0 Å². The molecule has 1 aromatic carbocycles.